The summed E-state index contributed by atoms with van der Waals surface area (Å²) in [6.45, 7) is 5.11. The molecule has 5 nitrogen and oxygen atoms in total. The first-order valence-electron chi connectivity index (χ1n) is 7.21. The van der Waals surface area contributed by atoms with Crippen LogP contribution >= 0.6 is 0 Å². The molecule has 0 saturated heterocycles. The van der Waals surface area contributed by atoms with Crippen LogP contribution in [-0.4, -0.2) is 22.6 Å². The molecule has 0 spiro atoms. The molecule has 106 valence electrons. The van der Waals surface area contributed by atoms with Crippen LogP contribution in [0.2, 0.25) is 0 Å². The van der Waals surface area contributed by atoms with Gasteiger partial charge in [-0.3, -0.25) is 9.89 Å². The average Bonchev–Trinajstić information content (AvgIpc) is 3.12. The molecule has 2 rings (SSSR count). The number of rotatable bonds is 7. The Kier molecular flexibility index (Phi) is 4.45. The van der Waals surface area contributed by atoms with E-state index in [1.165, 1.54) is 6.42 Å². The van der Waals surface area contributed by atoms with Crippen molar-refractivity contribution >= 4 is 11.6 Å². The third-order valence-corrected chi connectivity index (χ3v) is 3.53. The van der Waals surface area contributed by atoms with Gasteiger partial charge in [0, 0.05) is 12.5 Å². The molecule has 0 aliphatic heterocycles. The molecule has 1 saturated carbocycles. The fourth-order valence-corrected chi connectivity index (χ4v) is 2.18. The van der Waals surface area contributed by atoms with Crippen LogP contribution < -0.4 is 11.1 Å². The summed E-state index contributed by atoms with van der Waals surface area (Å²) in [7, 11) is 0. The van der Waals surface area contributed by atoms with E-state index in [1.54, 1.807) is 0 Å². The third kappa shape index (κ3) is 3.72. The van der Waals surface area contributed by atoms with E-state index < -0.39 is 0 Å². The number of nitrogens with one attached hydrogen (secondary N) is 2. The molecule has 1 heterocycles. The van der Waals surface area contributed by atoms with Crippen LogP contribution in [0.4, 0.5) is 5.69 Å². The van der Waals surface area contributed by atoms with Gasteiger partial charge in [0.15, 0.2) is 5.69 Å². The fourth-order valence-electron chi connectivity index (χ4n) is 2.18. The number of nitrogens with zero attached hydrogens (tertiary/aromatic N) is 1. The summed E-state index contributed by atoms with van der Waals surface area (Å²) < 4.78 is 0. The number of nitrogen functional groups attached to an aromatic ring is 1. The van der Waals surface area contributed by atoms with Gasteiger partial charge in [-0.15, -0.1) is 0 Å². The Bertz CT molecular complexity index is 435. The summed E-state index contributed by atoms with van der Waals surface area (Å²) in [5, 5.41) is 9.82. The highest BCUT2D eigenvalue weighted by molar-refractivity contribution is 5.97. The summed E-state index contributed by atoms with van der Waals surface area (Å²) in [6.07, 6.45) is 5.63. The third-order valence-electron chi connectivity index (χ3n) is 3.53. The lowest BCUT2D eigenvalue weighted by molar-refractivity contribution is 0.0948. The highest BCUT2D eigenvalue weighted by atomic mass is 16.1. The predicted octanol–water partition coefficient (Wildman–Crippen LogP) is 2.43. The molecule has 1 aliphatic carbocycles. The van der Waals surface area contributed by atoms with Gasteiger partial charge < -0.3 is 11.1 Å². The Labute approximate surface area is 114 Å². The van der Waals surface area contributed by atoms with Crippen molar-refractivity contribution in [2.45, 2.75) is 51.9 Å². The Morgan fingerprint density at radius 1 is 1.47 bits per heavy atom. The number of anilines is 1. The summed E-state index contributed by atoms with van der Waals surface area (Å²) in [4.78, 5) is 11.9. The minimum Gasteiger partial charge on any atom is -0.395 e. The molecule has 0 radical (unpaired) electrons. The lowest BCUT2D eigenvalue weighted by atomic mass is 10.1. The van der Waals surface area contributed by atoms with Gasteiger partial charge in [0.1, 0.15) is 0 Å². The summed E-state index contributed by atoms with van der Waals surface area (Å²) in [5.41, 5.74) is 7.78. The standard InChI is InChI=1S/C14H24N4O/c1-9(2)5-3-4-8-16-14(19)13-11(15)12(17-18-13)10-6-7-10/h9-10H,3-8,15H2,1-2H3,(H,16,19)(H,17,18). The molecule has 0 bridgehead atoms. The maximum absolute atomic E-state index is 11.9. The van der Waals surface area contributed by atoms with Gasteiger partial charge in [-0.05, 0) is 25.2 Å². The van der Waals surface area contributed by atoms with Crippen molar-refractivity contribution in [3.8, 4) is 0 Å². The van der Waals surface area contributed by atoms with E-state index in [0.717, 1.165) is 37.3 Å². The zero-order chi connectivity index (χ0) is 13.8. The number of unbranched alkanes of at least 4 members (excludes halogenated alkanes) is 1. The fraction of sp³-hybridized carbons (Fsp3) is 0.714. The smallest absolute Gasteiger partial charge is 0.273 e. The predicted molar refractivity (Wildman–Crippen MR) is 76.0 cm³/mol. The van der Waals surface area contributed by atoms with E-state index in [9.17, 15) is 4.79 Å². The second kappa shape index (κ2) is 6.08. The first-order valence-corrected chi connectivity index (χ1v) is 7.21. The number of hydrogen-bond donors (Lipinski definition) is 3. The van der Waals surface area contributed by atoms with Gasteiger partial charge in [-0.25, -0.2) is 0 Å². The van der Waals surface area contributed by atoms with Crippen molar-refractivity contribution in [1.82, 2.24) is 15.5 Å². The van der Waals surface area contributed by atoms with Crippen molar-refractivity contribution < 1.29 is 4.79 Å². The lowest BCUT2D eigenvalue weighted by Crippen LogP contribution is -2.25. The van der Waals surface area contributed by atoms with E-state index >= 15 is 0 Å². The van der Waals surface area contributed by atoms with Gasteiger partial charge in [0.05, 0.1) is 11.4 Å². The second-order valence-corrected chi connectivity index (χ2v) is 5.82. The Morgan fingerprint density at radius 3 is 2.84 bits per heavy atom. The minimum atomic E-state index is -0.162. The molecule has 0 aromatic carbocycles. The number of hydrogen-bond acceptors (Lipinski definition) is 3. The van der Waals surface area contributed by atoms with E-state index in [-0.39, 0.29) is 5.91 Å². The molecule has 0 atom stereocenters. The average molecular weight is 264 g/mol. The molecular formula is C14H24N4O. The molecule has 1 aromatic rings. The number of nitrogens with two attached hydrogens (primary N) is 1. The topological polar surface area (TPSA) is 83.8 Å². The zero-order valence-electron chi connectivity index (χ0n) is 11.8. The molecule has 5 heteroatoms. The van der Waals surface area contributed by atoms with Gasteiger partial charge >= 0.3 is 0 Å². The maximum Gasteiger partial charge on any atom is 0.273 e. The summed E-state index contributed by atoms with van der Waals surface area (Å²) in [5.74, 6) is 1.05. The molecule has 0 unspecified atom stereocenters. The largest absolute Gasteiger partial charge is 0.395 e. The molecule has 1 aliphatic rings. The summed E-state index contributed by atoms with van der Waals surface area (Å²) in [6, 6.07) is 0. The zero-order valence-corrected chi connectivity index (χ0v) is 11.8. The number of carbonyl (C=O) groups is 1. The SMILES string of the molecule is CC(C)CCCCNC(=O)c1n[nH]c(C2CC2)c1N. The number of carbonyl (C=O) groups excluding carboxylic acids is 1. The quantitative estimate of drug-likeness (QED) is 0.661. The maximum atomic E-state index is 11.9. The Morgan fingerprint density at radius 2 is 2.21 bits per heavy atom. The number of H-pyrrole nitrogens is 1. The van der Waals surface area contributed by atoms with E-state index in [1.807, 2.05) is 0 Å². The van der Waals surface area contributed by atoms with Crippen molar-refractivity contribution in [2.75, 3.05) is 12.3 Å². The minimum absolute atomic E-state index is 0.162. The highest BCUT2D eigenvalue weighted by Gasteiger charge is 2.30. The molecular weight excluding hydrogens is 240 g/mol. The normalized spacial score (nSPS) is 14.9. The molecule has 1 aromatic heterocycles. The van der Waals surface area contributed by atoms with Crippen LogP contribution in [0, 0.1) is 5.92 Å². The van der Waals surface area contributed by atoms with Crippen molar-refractivity contribution in [3.05, 3.63) is 11.4 Å². The second-order valence-electron chi connectivity index (χ2n) is 5.82. The summed E-state index contributed by atoms with van der Waals surface area (Å²) >= 11 is 0. The van der Waals surface area contributed by atoms with Crippen molar-refractivity contribution in [1.29, 1.82) is 0 Å². The number of aromatic amines is 1. The van der Waals surface area contributed by atoms with Crippen LogP contribution in [0.15, 0.2) is 0 Å². The monoisotopic (exact) mass is 264 g/mol. The van der Waals surface area contributed by atoms with Crippen molar-refractivity contribution in [2.24, 2.45) is 5.92 Å². The highest BCUT2D eigenvalue weighted by Crippen LogP contribution is 2.42. The van der Waals surface area contributed by atoms with E-state index in [2.05, 4.69) is 29.4 Å². The van der Waals surface area contributed by atoms with Crippen LogP contribution in [0.1, 0.15) is 68.1 Å². The number of aromatic nitrogens is 2. The first kappa shape index (κ1) is 13.9. The van der Waals surface area contributed by atoms with E-state index in [0.29, 0.717) is 23.8 Å². The van der Waals surface area contributed by atoms with Gasteiger partial charge in [0.2, 0.25) is 0 Å². The molecule has 1 amide bonds. The first-order chi connectivity index (χ1) is 9.09. The molecule has 19 heavy (non-hydrogen) atoms. The van der Waals surface area contributed by atoms with Crippen LogP contribution in [0.25, 0.3) is 0 Å². The van der Waals surface area contributed by atoms with Crippen LogP contribution in [0.5, 0.6) is 0 Å². The van der Waals surface area contributed by atoms with Crippen LogP contribution in [0.3, 0.4) is 0 Å². The lowest BCUT2D eigenvalue weighted by Gasteiger charge is -2.05. The molecule has 4 N–H and O–H groups in total. The molecule has 1 fully saturated rings. The van der Waals surface area contributed by atoms with E-state index in [4.69, 9.17) is 5.73 Å². The Hall–Kier alpha value is -1.52. The van der Waals surface area contributed by atoms with Crippen LogP contribution in [-0.2, 0) is 0 Å². The van der Waals surface area contributed by atoms with Gasteiger partial charge in [-0.1, -0.05) is 26.7 Å². The number of amides is 1. The van der Waals surface area contributed by atoms with Gasteiger partial charge in [0.25, 0.3) is 5.91 Å². The Balaban J connectivity index is 1.76. The van der Waals surface area contributed by atoms with Crippen molar-refractivity contribution in [3.63, 3.8) is 0 Å². The van der Waals surface area contributed by atoms with Gasteiger partial charge in [-0.2, -0.15) is 5.10 Å².